The largest absolute Gasteiger partial charge is 0.493 e. The van der Waals surface area contributed by atoms with Crippen LogP contribution in [0.5, 0.6) is 11.5 Å². The van der Waals surface area contributed by atoms with Gasteiger partial charge < -0.3 is 20.1 Å². The van der Waals surface area contributed by atoms with E-state index in [2.05, 4.69) is 17.2 Å². The number of rotatable bonds is 7. The maximum Gasteiger partial charge on any atom is 0.255 e. The molecule has 26 heavy (non-hydrogen) atoms. The Kier molecular flexibility index (Phi) is 6.38. The summed E-state index contributed by atoms with van der Waals surface area (Å²) < 4.78 is 10.7. The number of ether oxygens (including phenoxy) is 2. The first-order valence-electron chi connectivity index (χ1n) is 8.03. The zero-order valence-electron chi connectivity index (χ0n) is 15.1. The fraction of sp³-hybridized carbons (Fsp3) is 0.200. The molecule has 0 aliphatic rings. The number of hydrogen-bond acceptors (Lipinski definition) is 4. The van der Waals surface area contributed by atoms with Crippen molar-refractivity contribution in [3.05, 3.63) is 60.2 Å². The minimum Gasteiger partial charge on any atom is -0.493 e. The van der Waals surface area contributed by atoms with Crippen molar-refractivity contribution in [3.8, 4) is 11.5 Å². The third-order valence-corrected chi connectivity index (χ3v) is 3.62. The molecule has 136 valence electrons. The molecule has 6 heteroatoms. The monoisotopic (exact) mass is 354 g/mol. The van der Waals surface area contributed by atoms with Crippen molar-refractivity contribution in [2.45, 2.75) is 13.3 Å². The Balaban J connectivity index is 2.30. The highest BCUT2D eigenvalue weighted by molar-refractivity contribution is 6.05. The normalized spacial score (nSPS) is 9.96. The summed E-state index contributed by atoms with van der Waals surface area (Å²) in [6.07, 6.45) is 2.27. The van der Waals surface area contributed by atoms with Gasteiger partial charge >= 0.3 is 0 Å². The average molecular weight is 354 g/mol. The van der Waals surface area contributed by atoms with Crippen molar-refractivity contribution in [1.82, 2.24) is 0 Å². The maximum atomic E-state index is 12.7. The van der Waals surface area contributed by atoms with E-state index < -0.39 is 0 Å². The molecule has 2 aromatic carbocycles. The number of allylic oxidation sites excluding steroid dienone is 1. The van der Waals surface area contributed by atoms with Crippen molar-refractivity contribution in [1.29, 1.82) is 0 Å². The van der Waals surface area contributed by atoms with E-state index in [1.807, 2.05) is 0 Å². The number of carbonyl (C=O) groups excluding carboxylic acids is 2. The van der Waals surface area contributed by atoms with Crippen molar-refractivity contribution in [3.63, 3.8) is 0 Å². The molecule has 0 atom stereocenters. The summed E-state index contributed by atoms with van der Waals surface area (Å²) >= 11 is 0. The maximum absolute atomic E-state index is 12.7. The van der Waals surface area contributed by atoms with Gasteiger partial charge in [0.1, 0.15) is 0 Å². The Hall–Kier alpha value is -3.28. The topological polar surface area (TPSA) is 76.7 Å². The summed E-state index contributed by atoms with van der Waals surface area (Å²) in [7, 11) is 3.08. The molecule has 0 unspecified atom stereocenters. The number of methoxy groups -OCH3 is 2. The Morgan fingerprint density at radius 2 is 1.77 bits per heavy atom. The molecule has 0 heterocycles. The number of nitrogens with one attached hydrogen (secondary N) is 2. The van der Waals surface area contributed by atoms with Crippen LogP contribution in [-0.2, 0) is 11.2 Å². The van der Waals surface area contributed by atoms with Gasteiger partial charge in [0.15, 0.2) is 11.5 Å². The molecule has 2 rings (SSSR count). The van der Waals surface area contributed by atoms with Crippen LogP contribution in [0.3, 0.4) is 0 Å². The lowest BCUT2D eigenvalue weighted by Crippen LogP contribution is -2.13. The fourth-order valence-corrected chi connectivity index (χ4v) is 2.56. The molecule has 0 aliphatic carbocycles. The molecule has 0 bridgehead atoms. The van der Waals surface area contributed by atoms with E-state index in [0.29, 0.717) is 34.9 Å². The van der Waals surface area contributed by atoms with E-state index in [4.69, 9.17) is 9.47 Å². The molecule has 0 saturated carbocycles. The second kappa shape index (κ2) is 8.71. The summed E-state index contributed by atoms with van der Waals surface area (Å²) in [5.41, 5.74) is 2.42. The Labute approximate surface area is 152 Å². The van der Waals surface area contributed by atoms with Crippen LogP contribution in [0, 0.1) is 0 Å². The number of carbonyl (C=O) groups is 2. The third kappa shape index (κ3) is 4.63. The van der Waals surface area contributed by atoms with Crippen LogP contribution in [0.4, 0.5) is 11.4 Å². The van der Waals surface area contributed by atoms with Gasteiger partial charge in [-0.2, -0.15) is 0 Å². The predicted octanol–water partition coefficient (Wildman–Crippen LogP) is 3.64. The van der Waals surface area contributed by atoms with Crippen LogP contribution in [-0.4, -0.2) is 26.0 Å². The molecule has 0 aliphatic heterocycles. The van der Waals surface area contributed by atoms with Gasteiger partial charge in [0.2, 0.25) is 5.91 Å². The Bertz CT molecular complexity index is 831. The molecule has 2 aromatic rings. The molecule has 0 spiro atoms. The highest BCUT2D eigenvalue weighted by Crippen LogP contribution is 2.33. The highest BCUT2D eigenvalue weighted by Gasteiger charge is 2.16. The molecule has 0 fully saturated rings. The third-order valence-electron chi connectivity index (χ3n) is 3.62. The summed E-state index contributed by atoms with van der Waals surface area (Å²) in [4.78, 5) is 23.8. The summed E-state index contributed by atoms with van der Waals surface area (Å²) in [5.74, 6) is 0.583. The number of benzene rings is 2. The van der Waals surface area contributed by atoms with Gasteiger partial charge in [-0.15, -0.1) is 6.58 Å². The number of amides is 2. The van der Waals surface area contributed by atoms with E-state index in [0.717, 1.165) is 5.56 Å². The Morgan fingerprint density at radius 3 is 2.35 bits per heavy atom. The van der Waals surface area contributed by atoms with Crippen LogP contribution in [0.2, 0.25) is 0 Å². The number of hydrogen-bond donors (Lipinski definition) is 2. The van der Waals surface area contributed by atoms with Crippen LogP contribution in [0.1, 0.15) is 22.8 Å². The molecule has 2 amide bonds. The first kappa shape index (κ1) is 19.1. The van der Waals surface area contributed by atoms with Crippen molar-refractivity contribution >= 4 is 23.2 Å². The summed E-state index contributed by atoms with van der Waals surface area (Å²) in [6.45, 7) is 5.16. The van der Waals surface area contributed by atoms with Crippen molar-refractivity contribution < 1.29 is 19.1 Å². The van der Waals surface area contributed by atoms with E-state index in [-0.39, 0.29) is 11.8 Å². The highest BCUT2D eigenvalue weighted by atomic mass is 16.5. The molecule has 2 N–H and O–H groups in total. The van der Waals surface area contributed by atoms with E-state index in [1.54, 1.807) is 49.6 Å². The fourth-order valence-electron chi connectivity index (χ4n) is 2.56. The smallest absolute Gasteiger partial charge is 0.255 e. The lowest BCUT2D eigenvalue weighted by atomic mass is 10.0. The molecule has 0 saturated heterocycles. The standard InChI is InChI=1S/C20H22N2O4/c1-5-7-14-10-15(11-18(25-3)19(14)26-4)20(24)22-17-9-6-8-16(12-17)21-13(2)23/h5-6,8-12H,1,7H2,2-4H3,(H,21,23)(H,22,24). The average Bonchev–Trinajstić information content (AvgIpc) is 2.61. The van der Waals surface area contributed by atoms with Crippen LogP contribution >= 0.6 is 0 Å². The quantitative estimate of drug-likeness (QED) is 0.744. The van der Waals surface area contributed by atoms with E-state index in [1.165, 1.54) is 14.0 Å². The van der Waals surface area contributed by atoms with E-state index >= 15 is 0 Å². The van der Waals surface area contributed by atoms with Crippen LogP contribution < -0.4 is 20.1 Å². The first-order valence-corrected chi connectivity index (χ1v) is 8.03. The lowest BCUT2D eigenvalue weighted by Gasteiger charge is -2.14. The first-order chi connectivity index (χ1) is 12.5. The molecular formula is C20H22N2O4. The van der Waals surface area contributed by atoms with Gasteiger partial charge in [-0.3, -0.25) is 9.59 Å². The molecule has 0 radical (unpaired) electrons. The lowest BCUT2D eigenvalue weighted by molar-refractivity contribution is -0.114. The molecule has 0 aromatic heterocycles. The SMILES string of the molecule is C=CCc1cc(C(=O)Nc2cccc(NC(C)=O)c2)cc(OC)c1OC. The van der Waals surface area contributed by atoms with Gasteiger partial charge in [-0.1, -0.05) is 12.1 Å². The second-order valence-electron chi connectivity index (χ2n) is 5.58. The summed E-state index contributed by atoms with van der Waals surface area (Å²) in [5, 5.41) is 5.50. The van der Waals surface area contributed by atoms with Crippen LogP contribution in [0.25, 0.3) is 0 Å². The minimum absolute atomic E-state index is 0.178. The van der Waals surface area contributed by atoms with Crippen molar-refractivity contribution in [2.75, 3.05) is 24.9 Å². The molecular weight excluding hydrogens is 332 g/mol. The van der Waals surface area contributed by atoms with E-state index in [9.17, 15) is 9.59 Å². The van der Waals surface area contributed by atoms with Gasteiger partial charge in [0, 0.05) is 29.4 Å². The van der Waals surface area contributed by atoms with Gasteiger partial charge in [-0.25, -0.2) is 0 Å². The zero-order valence-corrected chi connectivity index (χ0v) is 15.1. The van der Waals surface area contributed by atoms with Gasteiger partial charge in [0.05, 0.1) is 14.2 Å². The Morgan fingerprint density at radius 1 is 1.08 bits per heavy atom. The van der Waals surface area contributed by atoms with Gasteiger partial charge in [-0.05, 0) is 36.8 Å². The second-order valence-corrected chi connectivity index (χ2v) is 5.58. The molecule has 6 nitrogen and oxygen atoms in total. The minimum atomic E-state index is -0.295. The predicted molar refractivity (Wildman–Crippen MR) is 102 cm³/mol. The van der Waals surface area contributed by atoms with Crippen LogP contribution in [0.15, 0.2) is 49.1 Å². The number of anilines is 2. The van der Waals surface area contributed by atoms with Gasteiger partial charge in [0.25, 0.3) is 5.91 Å². The van der Waals surface area contributed by atoms with Crippen molar-refractivity contribution in [2.24, 2.45) is 0 Å². The zero-order chi connectivity index (χ0) is 19.1. The summed E-state index contributed by atoms with van der Waals surface area (Å²) in [6, 6.07) is 10.3.